The van der Waals surface area contributed by atoms with Gasteiger partial charge in [0.2, 0.25) is 11.6 Å². The van der Waals surface area contributed by atoms with Crippen molar-refractivity contribution in [2.24, 2.45) is 5.92 Å². The summed E-state index contributed by atoms with van der Waals surface area (Å²) in [5, 5.41) is 18.4. The van der Waals surface area contributed by atoms with E-state index in [1.54, 1.807) is 42.1 Å². The highest BCUT2D eigenvalue weighted by Gasteiger charge is 2.42. The van der Waals surface area contributed by atoms with E-state index < -0.39 is 11.8 Å². The van der Waals surface area contributed by atoms with Crippen LogP contribution in [0, 0.1) is 29.6 Å². The minimum atomic E-state index is -1.04. The van der Waals surface area contributed by atoms with Crippen molar-refractivity contribution >= 4 is 5.90 Å². The molecule has 0 fully saturated rings. The van der Waals surface area contributed by atoms with Gasteiger partial charge in [-0.15, -0.1) is 0 Å². The highest BCUT2D eigenvalue weighted by Crippen LogP contribution is 2.49. The van der Waals surface area contributed by atoms with Crippen LogP contribution in [0.4, 0.5) is 0 Å². The second kappa shape index (κ2) is 9.27. The molecular formula is C25H24N4O5. The van der Waals surface area contributed by atoms with Gasteiger partial charge in [0.25, 0.3) is 5.56 Å². The fourth-order valence-electron chi connectivity index (χ4n) is 4.34. The zero-order valence-corrected chi connectivity index (χ0v) is 19.3. The summed E-state index contributed by atoms with van der Waals surface area (Å²) in [4.78, 5) is 18.0. The number of nitrogens with zero attached hydrogens (tertiary/aromatic N) is 3. The summed E-state index contributed by atoms with van der Waals surface area (Å²) in [5.74, 6) is -0.736. The normalized spacial score (nSPS) is 16.7. The Morgan fingerprint density at radius 2 is 1.94 bits per heavy atom. The SMILES string of the molecule is COc1ccc(C2c3c(cc(C)n(Cc4cccnc4)c3=O)OC(=N)C2C#N)c(OC)c1OC. The largest absolute Gasteiger partial charge is 0.493 e. The Morgan fingerprint density at radius 1 is 1.18 bits per heavy atom. The van der Waals surface area contributed by atoms with E-state index in [0.29, 0.717) is 35.1 Å². The molecule has 3 heterocycles. The van der Waals surface area contributed by atoms with E-state index in [-0.39, 0.29) is 22.8 Å². The van der Waals surface area contributed by atoms with Crippen LogP contribution in [-0.2, 0) is 6.54 Å². The number of hydrogen-bond donors (Lipinski definition) is 1. The average Bonchev–Trinajstić information content (AvgIpc) is 2.85. The molecule has 0 bridgehead atoms. The van der Waals surface area contributed by atoms with E-state index in [0.717, 1.165) is 5.56 Å². The molecule has 3 aromatic rings. The molecule has 0 aliphatic carbocycles. The molecule has 0 radical (unpaired) electrons. The summed E-state index contributed by atoms with van der Waals surface area (Å²) in [6.07, 6.45) is 3.37. The molecule has 0 spiro atoms. The lowest BCUT2D eigenvalue weighted by atomic mass is 9.79. The third kappa shape index (κ3) is 3.73. The standard InChI is InChI=1S/C25H24N4O5/c1-14-10-19-21(25(30)29(14)13-15-6-5-9-28-12-15)20(17(11-26)24(27)34-19)16-7-8-18(31-2)23(33-4)22(16)32-3/h5-10,12,17,20,27H,13H2,1-4H3. The molecule has 2 atom stereocenters. The number of fused-ring (bicyclic) bond motifs is 1. The van der Waals surface area contributed by atoms with Crippen LogP contribution >= 0.6 is 0 Å². The number of ether oxygens (including phenoxy) is 4. The molecule has 34 heavy (non-hydrogen) atoms. The van der Waals surface area contributed by atoms with Crippen LogP contribution in [0.5, 0.6) is 23.0 Å². The average molecular weight is 460 g/mol. The van der Waals surface area contributed by atoms with Crippen molar-refractivity contribution in [2.75, 3.05) is 21.3 Å². The van der Waals surface area contributed by atoms with E-state index in [9.17, 15) is 10.1 Å². The van der Waals surface area contributed by atoms with Crippen LogP contribution in [0.2, 0.25) is 0 Å². The van der Waals surface area contributed by atoms with Crippen molar-refractivity contribution in [3.63, 3.8) is 0 Å². The minimum Gasteiger partial charge on any atom is -0.493 e. The molecule has 9 heteroatoms. The molecule has 4 rings (SSSR count). The molecule has 1 aromatic carbocycles. The summed E-state index contributed by atoms with van der Waals surface area (Å²) >= 11 is 0. The van der Waals surface area contributed by atoms with Gasteiger partial charge in [0.1, 0.15) is 11.7 Å². The molecule has 174 valence electrons. The fraction of sp³-hybridized carbons (Fsp3) is 0.280. The third-order valence-corrected chi connectivity index (χ3v) is 5.93. The van der Waals surface area contributed by atoms with E-state index in [4.69, 9.17) is 24.4 Å². The molecule has 0 saturated carbocycles. The lowest BCUT2D eigenvalue weighted by Gasteiger charge is -2.32. The predicted molar refractivity (Wildman–Crippen MR) is 124 cm³/mol. The molecule has 1 aliphatic rings. The molecule has 1 N–H and O–H groups in total. The molecule has 0 amide bonds. The maximum absolute atomic E-state index is 13.9. The number of nitrogens with one attached hydrogen (secondary N) is 1. The van der Waals surface area contributed by atoms with E-state index in [2.05, 4.69) is 11.1 Å². The molecule has 2 aromatic heterocycles. The van der Waals surface area contributed by atoms with Crippen molar-refractivity contribution in [1.29, 1.82) is 10.7 Å². The summed E-state index contributed by atoms with van der Waals surface area (Å²) in [5.41, 5.74) is 2.01. The summed E-state index contributed by atoms with van der Waals surface area (Å²) < 4.78 is 23.8. The Kier molecular flexibility index (Phi) is 6.23. The highest BCUT2D eigenvalue weighted by molar-refractivity contribution is 5.85. The maximum Gasteiger partial charge on any atom is 0.258 e. The highest BCUT2D eigenvalue weighted by atomic mass is 16.5. The number of hydrogen-bond acceptors (Lipinski definition) is 8. The van der Waals surface area contributed by atoms with Crippen LogP contribution in [0.1, 0.15) is 28.3 Å². The van der Waals surface area contributed by atoms with Crippen molar-refractivity contribution < 1.29 is 18.9 Å². The number of aryl methyl sites for hydroxylation is 1. The molecule has 2 unspecified atom stereocenters. The Hall–Kier alpha value is -4.32. The number of rotatable bonds is 6. The number of nitriles is 1. The van der Waals surface area contributed by atoms with Gasteiger partial charge in [-0.2, -0.15) is 5.26 Å². The second-order valence-electron chi connectivity index (χ2n) is 7.79. The topological polar surface area (TPSA) is 119 Å². The van der Waals surface area contributed by atoms with Crippen LogP contribution in [-0.4, -0.2) is 36.8 Å². The zero-order chi connectivity index (χ0) is 24.4. The fourth-order valence-corrected chi connectivity index (χ4v) is 4.34. The number of pyridine rings is 2. The van der Waals surface area contributed by atoms with Gasteiger partial charge in [-0.1, -0.05) is 12.1 Å². The number of aromatic nitrogens is 2. The van der Waals surface area contributed by atoms with Gasteiger partial charge in [0.15, 0.2) is 11.5 Å². The van der Waals surface area contributed by atoms with Gasteiger partial charge in [0.05, 0.1) is 39.5 Å². The first-order valence-corrected chi connectivity index (χ1v) is 10.5. The first kappa shape index (κ1) is 22.9. The van der Waals surface area contributed by atoms with Gasteiger partial charge in [-0.3, -0.25) is 15.2 Å². The molecular weight excluding hydrogens is 436 g/mol. The van der Waals surface area contributed by atoms with Gasteiger partial charge in [0, 0.05) is 35.6 Å². The van der Waals surface area contributed by atoms with Gasteiger partial charge >= 0.3 is 0 Å². The summed E-state index contributed by atoms with van der Waals surface area (Å²) in [7, 11) is 4.47. The lowest BCUT2D eigenvalue weighted by Crippen LogP contribution is -2.38. The van der Waals surface area contributed by atoms with E-state index in [1.165, 1.54) is 21.3 Å². The lowest BCUT2D eigenvalue weighted by molar-refractivity contribution is 0.319. The van der Waals surface area contributed by atoms with Crippen LogP contribution < -0.4 is 24.5 Å². The molecule has 0 saturated heterocycles. The Balaban J connectivity index is 1.99. The van der Waals surface area contributed by atoms with Gasteiger partial charge < -0.3 is 23.5 Å². The van der Waals surface area contributed by atoms with Crippen LogP contribution in [0.15, 0.2) is 47.5 Å². The maximum atomic E-state index is 13.9. The smallest absolute Gasteiger partial charge is 0.258 e. The molecule has 1 aliphatic heterocycles. The number of benzene rings is 1. The van der Waals surface area contributed by atoms with Crippen molar-refractivity contribution in [2.45, 2.75) is 19.4 Å². The van der Waals surface area contributed by atoms with Gasteiger partial charge in [-0.25, -0.2) is 0 Å². The predicted octanol–water partition coefficient (Wildman–Crippen LogP) is 3.27. The van der Waals surface area contributed by atoms with Crippen LogP contribution in [0.25, 0.3) is 0 Å². The van der Waals surface area contributed by atoms with Crippen molar-refractivity contribution in [3.8, 4) is 29.1 Å². The monoisotopic (exact) mass is 460 g/mol. The Labute approximate surface area is 196 Å². The quantitative estimate of drug-likeness (QED) is 0.599. The summed E-state index contributed by atoms with van der Waals surface area (Å²) in [6, 6.07) is 11.0. The van der Waals surface area contributed by atoms with Crippen molar-refractivity contribution in [3.05, 3.63) is 75.5 Å². The minimum absolute atomic E-state index is 0.236. The number of methoxy groups -OCH3 is 3. The van der Waals surface area contributed by atoms with Gasteiger partial charge in [-0.05, 0) is 24.6 Å². The van der Waals surface area contributed by atoms with Crippen LogP contribution in [0.3, 0.4) is 0 Å². The van der Waals surface area contributed by atoms with Crippen molar-refractivity contribution in [1.82, 2.24) is 9.55 Å². The summed E-state index contributed by atoms with van der Waals surface area (Å²) in [6.45, 7) is 2.10. The molecule has 9 nitrogen and oxygen atoms in total. The first-order valence-electron chi connectivity index (χ1n) is 10.5. The van der Waals surface area contributed by atoms with E-state index >= 15 is 0 Å². The second-order valence-corrected chi connectivity index (χ2v) is 7.79. The third-order valence-electron chi connectivity index (χ3n) is 5.93. The Bertz CT molecular complexity index is 1340. The van der Waals surface area contributed by atoms with E-state index in [1.807, 2.05) is 12.1 Å². The zero-order valence-electron chi connectivity index (χ0n) is 19.3. The Morgan fingerprint density at radius 3 is 2.56 bits per heavy atom. The first-order chi connectivity index (χ1) is 16.4.